The number of piperazine rings is 1. The van der Waals surface area contributed by atoms with Crippen LogP contribution in [0.4, 0.5) is 0 Å². The molecule has 1 heterocycles. The quantitative estimate of drug-likeness (QED) is 0.926. The molecule has 1 amide bonds. The molecule has 6 heteroatoms. The minimum Gasteiger partial charge on any atom is -0.372 e. The first-order valence-corrected chi connectivity index (χ1v) is 6.93. The monoisotopic (exact) mass is 318 g/mol. The third-order valence-electron chi connectivity index (χ3n) is 3.23. The third-order valence-corrected chi connectivity index (χ3v) is 3.46. The van der Waals surface area contributed by atoms with Crippen LogP contribution < -0.4 is 5.32 Å². The van der Waals surface area contributed by atoms with Crippen LogP contribution in [0.5, 0.6) is 0 Å². The first-order chi connectivity index (χ1) is 9.22. The summed E-state index contributed by atoms with van der Waals surface area (Å²) in [7, 11) is 0. The second-order valence-corrected chi connectivity index (χ2v) is 4.94. The highest BCUT2D eigenvalue weighted by Gasteiger charge is 2.27. The van der Waals surface area contributed by atoms with Crippen LogP contribution in [0.25, 0.3) is 0 Å². The number of rotatable bonds is 4. The van der Waals surface area contributed by atoms with Gasteiger partial charge in [0.2, 0.25) is 5.91 Å². The molecule has 4 nitrogen and oxygen atoms in total. The topological polar surface area (TPSA) is 41.6 Å². The molecular formula is C14H20Cl2N2O2. The number of benzene rings is 1. The Morgan fingerprint density at radius 2 is 2.35 bits per heavy atom. The highest BCUT2D eigenvalue weighted by atomic mass is 35.5. The largest absolute Gasteiger partial charge is 0.372 e. The zero-order valence-corrected chi connectivity index (χ0v) is 13.0. The van der Waals surface area contributed by atoms with Gasteiger partial charge in [0.25, 0.3) is 0 Å². The minimum absolute atomic E-state index is 0. The predicted molar refractivity (Wildman–Crippen MR) is 82.5 cm³/mol. The highest BCUT2D eigenvalue weighted by Crippen LogP contribution is 2.24. The average molecular weight is 319 g/mol. The fraction of sp³-hybridized carbons (Fsp3) is 0.500. The van der Waals surface area contributed by atoms with Crippen molar-refractivity contribution in [1.82, 2.24) is 10.2 Å². The van der Waals surface area contributed by atoms with Crippen molar-refractivity contribution in [2.24, 2.45) is 0 Å². The SMILES string of the molecule is CCOCC(=O)N1CCNCC1c1cccc(Cl)c1.Cl. The molecule has 0 radical (unpaired) electrons. The van der Waals surface area contributed by atoms with Gasteiger partial charge >= 0.3 is 0 Å². The Morgan fingerprint density at radius 3 is 3.05 bits per heavy atom. The van der Waals surface area contributed by atoms with Crippen molar-refractivity contribution in [2.75, 3.05) is 32.8 Å². The first-order valence-electron chi connectivity index (χ1n) is 6.55. The molecule has 1 aromatic carbocycles. The van der Waals surface area contributed by atoms with E-state index in [4.69, 9.17) is 16.3 Å². The number of nitrogens with one attached hydrogen (secondary N) is 1. The summed E-state index contributed by atoms with van der Waals surface area (Å²) in [5, 5.41) is 4.01. The maximum atomic E-state index is 12.2. The fourth-order valence-corrected chi connectivity index (χ4v) is 2.49. The number of carbonyl (C=O) groups is 1. The number of hydrogen-bond acceptors (Lipinski definition) is 3. The van der Waals surface area contributed by atoms with Gasteiger partial charge in [0, 0.05) is 31.3 Å². The van der Waals surface area contributed by atoms with Crippen LogP contribution in [-0.2, 0) is 9.53 Å². The number of ether oxygens (including phenoxy) is 1. The maximum Gasteiger partial charge on any atom is 0.249 e. The van der Waals surface area contributed by atoms with E-state index in [1.807, 2.05) is 36.1 Å². The highest BCUT2D eigenvalue weighted by molar-refractivity contribution is 6.30. The Bertz CT molecular complexity index is 443. The van der Waals surface area contributed by atoms with Gasteiger partial charge in [-0.2, -0.15) is 0 Å². The molecule has 1 aromatic rings. The number of halogens is 2. The maximum absolute atomic E-state index is 12.2. The second kappa shape index (κ2) is 8.47. The van der Waals surface area contributed by atoms with Crippen molar-refractivity contribution < 1.29 is 9.53 Å². The molecular weight excluding hydrogens is 299 g/mol. The van der Waals surface area contributed by atoms with Gasteiger partial charge in [0.15, 0.2) is 0 Å². The summed E-state index contributed by atoms with van der Waals surface area (Å²) in [5.74, 6) is 0.0355. The van der Waals surface area contributed by atoms with Crippen molar-refractivity contribution in [3.05, 3.63) is 34.9 Å². The van der Waals surface area contributed by atoms with Crippen molar-refractivity contribution in [3.63, 3.8) is 0 Å². The van der Waals surface area contributed by atoms with E-state index in [0.717, 1.165) is 18.7 Å². The number of amides is 1. The van der Waals surface area contributed by atoms with Gasteiger partial charge in [-0.3, -0.25) is 4.79 Å². The van der Waals surface area contributed by atoms with E-state index in [2.05, 4.69) is 5.32 Å². The van der Waals surface area contributed by atoms with Gasteiger partial charge < -0.3 is 15.0 Å². The molecule has 0 aliphatic carbocycles. The Balaban J connectivity index is 0.00000200. The van der Waals surface area contributed by atoms with Crippen LogP contribution in [0.2, 0.25) is 5.02 Å². The molecule has 1 fully saturated rings. The zero-order valence-electron chi connectivity index (χ0n) is 11.5. The smallest absolute Gasteiger partial charge is 0.249 e. The van der Waals surface area contributed by atoms with Crippen LogP contribution in [0.3, 0.4) is 0 Å². The summed E-state index contributed by atoms with van der Waals surface area (Å²) in [4.78, 5) is 14.0. The van der Waals surface area contributed by atoms with Crippen LogP contribution in [0, 0.1) is 0 Å². The van der Waals surface area contributed by atoms with Crippen molar-refractivity contribution in [2.45, 2.75) is 13.0 Å². The third kappa shape index (κ3) is 4.35. The predicted octanol–water partition coefficient (Wildman–Crippen LogP) is 2.27. The lowest BCUT2D eigenvalue weighted by molar-refractivity contribution is -0.139. The molecule has 1 unspecified atom stereocenters. The lowest BCUT2D eigenvalue weighted by atomic mass is 10.0. The molecule has 2 rings (SSSR count). The lowest BCUT2D eigenvalue weighted by Crippen LogP contribution is -2.49. The first kappa shape index (κ1) is 17.2. The number of hydrogen-bond donors (Lipinski definition) is 1. The summed E-state index contributed by atoms with van der Waals surface area (Å²) in [6.45, 7) is 4.85. The van der Waals surface area contributed by atoms with Crippen LogP contribution in [0.1, 0.15) is 18.5 Å². The van der Waals surface area contributed by atoms with Gasteiger partial charge in [-0.1, -0.05) is 23.7 Å². The van der Waals surface area contributed by atoms with E-state index in [1.165, 1.54) is 0 Å². The summed E-state index contributed by atoms with van der Waals surface area (Å²) in [6.07, 6.45) is 0. The Kier molecular flexibility index (Phi) is 7.30. The Labute approximate surface area is 130 Å². The van der Waals surface area contributed by atoms with E-state index < -0.39 is 0 Å². The van der Waals surface area contributed by atoms with Crippen molar-refractivity contribution >= 4 is 29.9 Å². The lowest BCUT2D eigenvalue weighted by Gasteiger charge is -2.36. The van der Waals surface area contributed by atoms with E-state index in [9.17, 15) is 4.79 Å². The molecule has 0 aromatic heterocycles. The summed E-state index contributed by atoms with van der Waals surface area (Å²) in [5.41, 5.74) is 1.06. The van der Waals surface area contributed by atoms with E-state index in [-0.39, 0.29) is 31.0 Å². The van der Waals surface area contributed by atoms with Crippen molar-refractivity contribution in [3.8, 4) is 0 Å². The van der Waals surface area contributed by atoms with Gasteiger partial charge in [-0.15, -0.1) is 12.4 Å². The number of nitrogens with zero attached hydrogens (tertiary/aromatic N) is 1. The van der Waals surface area contributed by atoms with Crippen LogP contribution >= 0.6 is 24.0 Å². The van der Waals surface area contributed by atoms with Crippen molar-refractivity contribution in [1.29, 1.82) is 0 Å². The van der Waals surface area contributed by atoms with E-state index >= 15 is 0 Å². The summed E-state index contributed by atoms with van der Waals surface area (Å²) >= 11 is 6.03. The molecule has 0 saturated carbocycles. The molecule has 20 heavy (non-hydrogen) atoms. The van der Waals surface area contributed by atoms with Gasteiger partial charge in [0.05, 0.1) is 6.04 Å². The summed E-state index contributed by atoms with van der Waals surface area (Å²) in [6, 6.07) is 7.70. The normalized spacial score (nSPS) is 18.5. The molecule has 1 atom stereocenters. The molecule has 1 aliphatic rings. The van der Waals surface area contributed by atoms with Crippen LogP contribution in [0.15, 0.2) is 24.3 Å². The fourth-order valence-electron chi connectivity index (χ4n) is 2.29. The second-order valence-electron chi connectivity index (χ2n) is 4.50. The van der Waals surface area contributed by atoms with E-state index in [1.54, 1.807) is 0 Å². The molecule has 0 bridgehead atoms. The molecule has 1 saturated heterocycles. The summed E-state index contributed by atoms with van der Waals surface area (Å²) < 4.78 is 5.22. The molecule has 1 N–H and O–H groups in total. The Morgan fingerprint density at radius 1 is 1.55 bits per heavy atom. The average Bonchev–Trinajstić information content (AvgIpc) is 2.45. The number of carbonyl (C=O) groups excluding carboxylic acids is 1. The van der Waals surface area contributed by atoms with Gasteiger partial charge in [0.1, 0.15) is 6.61 Å². The zero-order chi connectivity index (χ0) is 13.7. The molecule has 1 aliphatic heterocycles. The molecule has 112 valence electrons. The Hall–Kier alpha value is -0.810. The van der Waals surface area contributed by atoms with E-state index in [0.29, 0.717) is 18.2 Å². The van der Waals surface area contributed by atoms with Gasteiger partial charge in [-0.25, -0.2) is 0 Å². The minimum atomic E-state index is 0. The molecule has 0 spiro atoms. The van der Waals surface area contributed by atoms with Gasteiger partial charge in [-0.05, 0) is 24.6 Å². The standard InChI is InChI=1S/C14H19ClN2O2.ClH/c1-2-19-10-14(18)17-7-6-16-9-13(17)11-4-3-5-12(15)8-11;/h3-5,8,13,16H,2,6-7,9-10H2,1H3;1H. The van der Waals surface area contributed by atoms with Crippen LogP contribution in [-0.4, -0.2) is 43.7 Å².